The van der Waals surface area contributed by atoms with Crippen LogP contribution >= 0.6 is 15.9 Å². The van der Waals surface area contributed by atoms with Gasteiger partial charge in [-0.25, -0.2) is 0 Å². The summed E-state index contributed by atoms with van der Waals surface area (Å²) >= 11 is 3.38. The van der Waals surface area contributed by atoms with Gasteiger partial charge in [0.25, 0.3) is 0 Å². The van der Waals surface area contributed by atoms with Crippen LogP contribution in [-0.2, 0) is 0 Å². The number of Topliss-reactive ketones (excluding diaryl/α,β-unsaturated/α-hetero) is 1. The van der Waals surface area contributed by atoms with E-state index in [1.54, 1.807) is 6.20 Å². The van der Waals surface area contributed by atoms with E-state index in [9.17, 15) is 4.79 Å². The lowest BCUT2D eigenvalue weighted by Crippen LogP contribution is -2.10. The van der Waals surface area contributed by atoms with Crippen LogP contribution in [0.2, 0.25) is 0 Å². The normalized spacial score (nSPS) is 12.4. The molecule has 1 aromatic rings. The molecule has 0 aliphatic carbocycles. The molecule has 0 saturated heterocycles. The lowest BCUT2D eigenvalue weighted by atomic mass is 9.93. The molecule has 0 radical (unpaired) electrons. The maximum atomic E-state index is 12.1. The third kappa shape index (κ3) is 4.58. The molecule has 1 rings (SSSR count). The maximum Gasteiger partial charge on any atom is 0.182 e. The lowest BCUT2D eigenvalue weighted by molar-refractivity contribution is 0.0951. The highest BCUT2D eigenvalue weighted by atomic mass is 79.9. The number of hydrogen-bond acceptors (Lipinski definition) is 2. The maximum absolute atomic E-state index is 12.1. The molecular formula is C14H20BrNO. The summed E-state index contributed by atoms with van der Waals surface area (Å²) in [5, 5.41) is 0. The second-order valence-corrected chi connectivity index (χ2v) is 5.23. The fraction of sp³-hybridized carbons (Fsp3) is 0.571. The van der Waals surface area contributed by atoms with Crippen LogP contribution in [0, 0.1) is 5.92 Å². The second kappa shape index (κ2) is 7.59. The Labute approximate surface area is 112 Å². The van der Waals surface area contributed by atoms with Crippen LogP contribution < -0.4 is 0 Å². The molecule has 0 spiro atoms. The van der Waals surface area contributed by atoms with Crippen molar-refractivity contribution in [1.82, 2.24) is 4.98 Å². The van der Waals surface area contributed by atoms with E-state index in [4.69, 9.17) is 0 Å². The Morgan fingerprint density at radius 1 is 1.47 bits per heavy atom. The Hall–Kier alpha value is -0.700. The van der Waals surface area contributed by atoms with Crippen LogP contribution in [-0.4, -0.2) is 10.8 Å². The molecule has 0 fully saturated rings. The molecule has 1 atom stereocenters. The summed E-state index contributed by atoms with van der Waals surface area (Å²) in [5.74, 6) is 0.650. The molecule has 0 aromatic carbocycles. The first kappa shape index (κ1) is 14.4. The minimum absolute atomic E-state index is 0.153. The van der Waals surface area contributed by atoms with Crippen molar-refractivity contribution in [2.75, 3.05) is 0 Å². The van der Waals surface area contributed by atoms with Crippen molar-refractivity contribution in [3.05, 3.63) is 28.5 Å². The van der Waals surface area contributed by atoms with Gasteiger partial charge < -0.3 is 0 Å². The van der Waals surface area contributed by atoms with Gasteiger partial charge in [0.1, 0.15) is 5.69 Å². The number of aromatic nitrogens is 1. The summed E-state index contributed by atoms with van der Waals surface area (Å²) in [5.41, 5.74) is 0.572. The molecule has 2 nitrogen and oxygen atoms in total. The molecule has 1 unspecified atom stereocenters. The Morgan fingerprint density at radius 3 is 2.82 bits per heavy atom. The number of pyridine rings is 1. The Kier molecular flexibility index (Phi) is 6.41. The van der Waals surface area contributed by atoms with Gasteiger partial charge in [-0.2, -0.15) is 0 Å². The van der Waals surface area contributed by atoms with Gasteiger partial charge in [-0.1, -0.05) is 39.5 Å². The third-order valence-electron chi connectivity index (χ3n) is 3.04. The van der Waals surface area contributed by atoms with Gasteiger partial charge in [0.2, 0.25) is 0 Å². The van der Waals surface area contributed by atoms with Crippen molar-refractivity contribution in [1.29, 1.82) is 0 Å². The zero-order chi connectivity index (χ0) is 12.7. The van der Waals surface area contributed by atoms with Crippen LogP contribution in [0.1, 0.15) is 56.4 Å². The average Bonchev–Trinajstić information content (AvgIpc) is 2.34. The summed E-state index contributed by atoms with van der Waals surface area (Å²) in [4.78, 5) is 16.3. The molecule has 0 aliphatic rings. The second-order valence-electron chi connectivity index (χ2n) is 4.38. The van der Waals surface area contributed by atoms with Gasteiger partial charge in [-0.15, -0.1) is 0 Å². The van der Waals surface area contributed by atoms with Crippen LogP contribution in [0.5, 0.6) is 0 Å². The monoisotopic (exact) mass is 297 g/mol. The van der Waals surface area contributed by atoms with E-state index >= 15 is 0 Å². The number of halogens is 1. The summed E-state index contributed by atoms with van der Waals surface area (Å²) in [6.07, 6.45) is 6.89. The van der Waals surface area contributed by atoms with E-state index in [-0.39, 0.29) is 5.78 Å². The highest BCUT2D eigenvalue weighted by Gasteiger charge is 2.16. The number of nitrogens with zero attached hydrogens (tertiary/aromatic N) is 1. The number of carbonyl (C=O) groups excluding carboxylic acids is 1. The van der Waals surface area contributed by atoms with Crippen molar-refractivity contribution in [2.24, 2.45) is 5.92 Å². The molecule has 1 aromatic heterocycles. The zero-order valence-corrected chi connectivity index (χ0v) is 12.2. The first-order chi connectivity index (χ1) is 8.19. The van der Waals surface area contributed by atoms with E-state index in [0.717, 1.165) is 17.3 Å². The molecule has 0 N–H and O–H groups in total. The van der Waals surface area contributed by atoms with Crippen molar-refractivity contribution in [3.63, 3.8) is 0 Å². The molecule has 0 bridgehead atoms. The minimum atomic E-state index is 0.153. The number of ketones is 1. The Balaban J connectivity index is 2.61. The zero-order valence-electron chi connectivity index (χ0n) is 10.6. The van der Waals surface area contributed by atoms with Crippen molar-refractivity contribution < 1.29 is 4.79 Å². The largest absolute Gasteiger partial charge is 0.292 e. The molecular weight excluding hydrogens is 278 g/mol. The van der Waals surface area contributed by atoms with Crippen LogP contribution in [0.15, 0.2) is 22.8 Å². The van der Waals surface area contributed by atoms with E-state index in [0.29, 0.717) is 18.0 Å². The highest BCUT2D eigenvalue weighted by Crippen LogP contribution is 2.21. The number of hydrogen-bond donors (Lipinski definition) is 0. The fourth-order valence-electron chi connectivity index (χ4n) is 1.89. The first-order valence-corrected chi connectivity index (χ1v) is 7.12. The van der Waals surface area contributed by atoms with E-state index in [2.05, 4.69) is 34.8 Å². The molecule has 17 heavy (non-hydrogen) atoms. The molecule has 0 saturated carbocycles. The summed E-state index contributed by atoms with van der Waals surface area (Å²) < 4.78 is 0.801. The molecule has 94 valence electrons. The molecule has 0 aliphatic heterocycles. The van der Waals surface area contributed by atoms with Crippen LogP contribution in [0.25, 0.3) is 0 Å². The average molecular weight is 298 g/mol. The third-order valence-corrected chi connectivity index (χ3v) is 3.68. The van der Waals surface area contributed by atoms with Crippen LogP contribution in [0.4, 0.5) is 0 Å². The van der Waals surface area contributed by atoms with Crippen LogP contribution in [0.3, 0.4) is 0 Å². The summed E-state index contributed by atoms with van der Waals surface area (Å²) in [6.45, 7) is 4.34. The summed E-state index contributed by atoms with van der Waals surface area (Å²) in [6, 6.07) is 3.70. The number of rotatable bonds is 7. The predicted octanol–water partition coefficient (Wildman–Crippen LogP) is 4.63. The van der Waals surface area contributed by atoms with Crippen molar-refractivity contribution >= 4 is 21.7 Å². The predicted molar refractivity (Wildman–Crippen MR) is 74.2 cm³/mol. The topological polar surface area (TPSA) is 30.0 Å². The van der Waals surface area contributed by atoms with Gasteiger partial charge in [-0.05, 0) is 34.0 Å². The van der Waals surface area contributed by atoms with Gasteiger partial charge in [0.05, 0.1) is 0 Å². The van der Waals surface area contributed by atoms with Gasteiger partial charge in [0.15, 0.2) is 5.78 Å². The fourth-order valence-corrected chi connectivity index (χ4v) is 2.37. The van der Waals surface area contributed by atoms with E-state index < -0.39 is 0 Å². The van der Waals surface area contributed by atoms with Gasteiger partial charge in [0, 0.05) is 17.1 Å². The molecule has 3 heteroatoms. The standard InChI is InChI=1S/C14H20BrNO/c1-3-5-7-11(4-2)10-13(17)14-12(15)8-6-9-16-14/h6,8-9,11H,3-5,7,10H2,1-2H3. The first-order valence-electron chi connectivity index (χ1n) is 6.32. The molecule has 1 heterocycles. The smallest absolute Gasteiger partial charge is 0.182 e. The molecule has 0 amide bonds. The quantitative estimate of drug-likeness (QED) is 0.687. The number of carbonyl (C=O) groups is 1. The van der Waals surface area contributed by atoms with E-state index in [1.807, 2.05) is 12.1 Å². The van der Waals surface area contributed by atoms with Gasteiger partial charge in [-0.3, -0.25) is 9.78 Å². The Morgan fingerprint density at radius 2 is 2.24 bits per heavy atom. The Bertz CT molecular complexity index is 365. The minimum Gasteiger partial charge on any atom is -0.292 e. The summed E-state index contributed by atoms with van der Waals surface area (Å²) in [7, 11) is 0. The highest BCUT2D eigenvalue weighted by molar-refractivity contribution is 9.10. The van der Waals surface area contributed by atoms with E-state index in [1.165, 1.54) is 12.8 Å². The van der Waals surface area contributed by atoms with Crippen molar-refractivity contribution in [2.45, 2.75) is 46.0 Å². The lowest BCUT2D eigenvalue weighted by Gasteiger charge is -2.13. The number of unbranched alkanes of at least 4 members (excludes halogenated alkanes) is 1. The van der Waals surface area contributed by atoms with Gasteiger partial charge >= 0.3 is 0 Å². The SMILES string of the molecule is CCCCC(CC)CC(=O)c1ncccc1Br. The van der Waals surface area contributed by atoms with Crippen molar-refractivity contribution in [3.8, 4) is 0 Å².